The van der Waals surface area contributed by atoms with Gasteiger partial charge < -0.3 is 15.8 Å². The van der Waals surface area contributed by atoms with E-state index in [4.69, 9.17) is 10.5 Å². The zero-order valence-electron chi connectivity index (χ0n) is 11.3. The molecule has 0 bridgehead atoms. The van der Waals surface area contributed by atoms with E-state index in [9.17, 15) is 4.79 Å². The van der Waals surface area contributed by atoms with E-state index in [1.165, 1.54) is 0 Å². The highest BCUT2D eigenvalue weighted by atomic mass is 16.5. The van der Waals surface area contributed by atoms with E-state index in [2.05, 4.69) is 10.3 Å². The van der Waals surface area contributed by atoms with Crippen molar-refractivity contribution < 1.29 is 9.53 Å². The number of nitrogens with two attached hydrogens (primary N) is 1. The monoisotopic (exact) mass is 271 g/mol. The second-order valence-corrected chi connectivity index (χ2v) is 4.40. The molecule has 104 valence electrons. The first-order chi connectivity index (χ1) is 9.65. The van der Waals surface area contributed by atoms with Gasteiger partial charge in [-0.1, -0.05) is 12.1 Å². The van der Waals surface area contributed by atoms with Gasteiger partial charge in [0.1, 0.15) is 5.75 Å². The average Bonchev–Trinajstić information content (AvgIpc) is 2.44. The molecule has 0 spiro atoms. The van der Waals surface area contributed by atoms with Gasteiger partial charge in [0.15, 0.2) is 6.61 Å². The summed E-state index contributed by atoms with van der Waals surface area (Å²) in [5.41, 5.74) is 8.13. The van der Waals surface area contributed by atoms with Crippen LogP contribution in [0.25, 0.3) is 0 Å². The molecule has 1 heterocycles. The molecule has 0 unspecified atom stereocenters. The molecule has 0 atom stereocenters. The van der Waals surface area contributed by atoms with Crippen molar-refractivity contribution in [1.82, 2.24) is 10.3 Å². The quantitative estimate of drug-likeness (QED) is 0.811. The average molecular weight is 271 g/mol. The van der Waals surface area contributed by atoms with E-state index < -0.39 is 0 Å². The summed E-state index contributed by atoms with van der Waals surface area (Å²) in [6, 6.07) is 10.8. The van der Waals surface area contributed by atoms with Crippen molar-refractivity contribution in [2.75, 3.05) is 12.3 Å². The van der Waals surface area contributed by atoms with Gasteiger partial charge >= 0.3 is 0 Å². The third kappa shape index (κ3) is 3.98. The standard InChI is InChI=1S/C15H17N3O2/c1-11-4-3-7-17-14(11)9-18-15(19)10-20-13-6-2-5-12(16)8-13/h2-8H,9-10,16H2,1H3,(H,18,19). The van der Waals surface area contributed by atoms with E-state index in [0.29, 0.717) is 18.0 Å². The van der Waals surface area contributed by atoms with Gasteiger partial charge in [-0.15, -0.1) is 0 Å². The number of hydrogen-bond acceptors (Lipinski definition) is 4. The minimum Gasteiger partial charge on any atom is -0.484 e. The number of carbonyl (C=O) groups excluding carboxylic acids is 1. The van der Waals surface area contributed by atoms with Crippen molar-refractivity contribution in [1.29, 1.82) is 0 Å². The van der Waals surface area contributed by atoms with Gasteiger partial charge in [0.05, 0.1) is 12.2 Å². The smallest absolute Gasteiger partial charge is 0.258 e. The summed E-state index contributed by atoms with van der Waals surface area (Å²) in [6.07, 6.45) is 1.71. The molecular formula is C15H17N3O2. The van der Waals surface area contributed by atoms with Crippen molar-refractivity contribution in [2.24, 2.45) is 0 Å². The number of anilines is 1. The van der Waals surface area contributed by atoms with Crippen LogP contribution >= 0.6 is 0 Å². The Bertz CT molecular complexity index is 599. The molecule has 20 heavy (non-hydrogen) atoms. The molecule has 2 aromatic rings. The number of nitrogens with one attached hydrogen (secondary N) is 1. The number of benzene rings is 1. The predicted molar refractivity (Wildman–Crippen MR) is 77.2 cm³/mol. The molecular weight excluding hydrogens is 254 g/mol. The summed E-state index contributed by atoms with van der Waals surface area (Å²) in [7, 11) is 0. The number of ether oxygens (including phenoxy) is 1. The predicted octanol–water partition coefficient (Wildman–Crippen LogP) is 1.67. The van der Waals surface area contributed by atoms with E-state index in [1.807, 2.05) is 19.1 Å². The lowest BCUT2D eigenvalue weighted by Crippen LogP contribution is -2.29. The molecule has 0 saturated heterocycles. The van der Waals surface area contributed by atoms with Gasteiger partial charge in [0.25, 0.3) is 5.91 Å². The largest absolute Gasteiger partial charge is 0.484 e. The lowest BCUT2D eigenvalue weighted by Gasteiger charge is -2.08. The first-order valence-electron chi connectivity index (χ1n) is 6.30. The Morgan fingerprint density at radius 3 is 2.95 bits per heavy atom. The number of nitrogen functional groups attached to an aromatic ring is 1. The molecule has 5 nitrogen and oxygen atoms in total. The van der Waals surface area contributed by atoms with Crippen molar-refractivity contribution in [3.05, 3.63) is 53.9 Å². The van der Waals surface area contributed by atoms with E-state index in [-0.39, 0.29) is 12.5 Å². The zero-order chi connectivity index (χ0) is 14.4. The molecule has 1 aromatic heterocycles. The molecule has 1 amide bonds. The van der Waals surface area contributed by atoms with Gasteiger partial charge in [0, 0.05) is 18.0 Å². The number of carbonyl (C=O) groups is 1. The summed E-state index contributed by atoms with van der Waals surface area (Å²) in [5, 5.41) is 2.77. The maximum atomic E-state index is 11.7. The SMILES string of the molecule is Cc1cccnc1CNC(=O)COc1cccc(N)c1. The Labute approximate surface area is 117 Å². The van der Waals surface area contributed by atoms with Crippen molar-refractivity contribution >= 4 is 11.6 Å². The summed E-state index contributed by atoms with van der Waals surface area (Å²) in [4.78, 5) is 15.9. The minimum absolute atomic E-state index is 0.0463. The third-order valence-electron chi connectivity index (χ3n) is 2.80. The van der Waals surface area contributed by atoms with Crippen LogP contribution in [0.4, 0.5) is 5.69 Å². The number of aryl methyl sites for hydroxylation is 1. The summed E-state index contributed by atoms with van der Waals surface area (Å²) in [6.45, 7) is 2.30. The van der Waals surface area contributed by atoms with Crippen LogP contribution in [0.15, 0.2) is 42.6 Å². The van der Waals surface area contributed by atoms with Crippen LogP contribution in [0, 0.1) is 6.92 Å². The fourth-order valence-electron chi connectivity index (χ4n) is 1.69. The molecule has 5 heteroatoms. The number of amides is 1. The van der Waals surface area contributed by atoms with Crippen LogP contribution in [0.5, 0.6) is 5.75 Å². The van der Waals surface area contributed by atoms with Crippen LogP contribution in [0.1, 0.15) is 11.3 Å². The summed E-state index contributed by atoms with van der Waals surface area (Å²) in [5.74, 6) is 0.381. The number of rotatable bonds is 5. The molecule has 1 aromatic carbocycles. The lowest BCUT2D eigenvalue weighted by molar-refractivity contribution is -0.123. The van der Waals surface area contributed by atoms with Crippen molar-refractivity contribution in [2.45, 2.75) is 13.5 Å². The number of hydrogen-bond donors (Lipinski definition) is 2. The number of nitrogens with zero attached hydrogens (tertiary/aromatic N) is 1. The molecule has 0 fully saturated rings. The Hall–Kier alpha value is -2.56. The molecule has 2 rings (SSSR count). The van der Waals surface area contributed by atoms with Crippen LogP contribution in [-0.4, -0.2) is 17.5 Å². The zero-order valence-corrected chi connectivity index (χ0v) is 11.3. The van der Waals surface area contributed by atoms with Crippen LogP contribution < -0.4 is 15.8 Å². The lowest BCUT2D eigenvalue weighted by atomic mass is 10.2. The fraction of sp³-hybridized carbons (Fsp3) is 0.200. The van der Waals surface area contributed by atoms with E-state index in [0.717, 1.165) is 11.3 Å². The minimum atomic E-state index is -0.197. The van der Waals surface area contributed by atoms with E-state index >= 15 is 0 Å². The van der Waals surface area contributed by atoms with E-state index in [1.54, 1.807) is 30.5 Å². The molecule has 0 saturated carbocycles. The maximum Gasteiger partial charge on any atom is 0.258 e. The van der Waals surface area contributed by atoms with Gasteiger partial charge in [-0.25, -0.2) is 0 Å². The van der Waals surface area contributed by atoms with Crippen LogP contribution in [0.3, 0.4) is 0 Å². The van der Waals surface area contributed by atoms with Gasteiger partial charge in [0.2, 0.25) is 0 Å². The van der Waals surface area contributed by atoms with Gasteiger partial charge in [-0.05, 0) is 30.7 Å². The maximum absolute atomic E-state index is 11.7. The highest BCUT2D eigenvalue weighted by Crippen LogP contribution is 2.14. The Balaban J connectivity index is 1.80. The topological polar surface area (TPSA) is 77.2 Å². The first-order valence-corrected chi connectivity index (χ1v) is 6.30. The highest BCUT2D eigenvalue weighted by molar-refractivity contribution is 5.77. The third-order valence-corrected chi connectivity index (χ3v) is 2.80. The second kappa shape index (κ2) is 6.56. The Kier molecular flexibility index (Phi) is 4.55. The summed E-state index contributed by atoms with van der Waals surface area (Å²) >= 11 is 0. The Morgan fingerprint density at radius 1 is 1.35 bits per heavy atom. The van der Waals surface area contributed by atoms with Crippen molar-refractivity contribution in [3.8, 4) is 5.75 Å². The van der Waals surface area contributed by atoms with Gasteiger partial charge in [-0.2, -0.15) is 0 Å². The van der Waals surface area contributed by atoms with Crippen LogP contribution in [-0.2, 0) is 11.3 Å². The fourth-order valence-corrected chi connectivity index (χ4v) is 1.69. The van der Waals surface area contributed by atoms with Crippen LogP contribution in [0.2, 0.25) is 0 Å². The first kappa shape index (κ1) is 13.9. The normalized spacial score (nSPS) is 10.1. The molecule has 0 aliphatic heterocycles. The molecule has 0 aliphatic carbocycles. The molecule has 3 N–H and O–H groups in total. The summed E-state index contributed by atoms with van der Waals surface area (Å²) < 4.78 is 5.35. The van der Waals surface area contributed by atoms with Crippen molar-refractivity contribution in [3.63, 3.8) is 0 Å². The van der Waals surface area contributed by atoms with Gasteiger partial charge in [-0.3, -0.25) is 9.78 Å². The molecule has 0 aliphatic rings. The highest BCUT2D eigenvalue weighted by Gasteiger charge is 2.05. The molecule has 0 radical (unpaired) electrons. The second-order valence-electron chi connectivity index (χ2n) is 4.40. The Morgan fingerprint density at radius 2 is 2.20 bits per heavy atom. The number of pyridine rings is 1. The number of aromatic nitrogens is 1.